The summed E-state index contributed by atoms with van der Waals surface area (Å²) in [6, 6.07) is 7.44. The van der Waals surface area contributed by atoms with Crippen LogP contribution in [-0.4, -0.2) is 42.1 Å². The normalized spacial score (nSPS) is 10.6. The summed E-state index contributed by atoms with van der Waals surface area (Å²) in [5.41, 5.74) is 0. The molecule has 1 aromatic carbocycles. The predicted molar refractivity (Wildman–Crippen MR) is 75.5 cm³/mol. The highest BCUT2D eigenvalue weighted by atomic mass is 19.1. The minimum atomic E-state index is -0.300. The molecule has 0 atom stereocenters. The molecule has 0 bridgehead atoms. The largest absolute Gasteiger partial charge is 0.439 e. The molecule has 0 aliphatic heterocycles. The van der Waals surface area contributed by atoms with Crippen LogP contribution in [0.5, 0.6) is 11.6 Å². The molecule has 0 spiro atoms. The van der Waals surface area contributed by atoms with Gasteiger partial charge in [-0.3, -0.25) is 0 Å². The second kappa shape index (κ2) is 6.81. The number of nitrogens with one attached hydrogen (secondary N) is 1. The van der Waals surface area contributed by atoms with Gasteiger partial charge in [-0.25, -0.2) is 9.37 Å². The van der Waals surface area contributed by atoms with Gasteiger partial charge in [-0.1, -0.05) is 0 Å². The molecule has 6 heteroatoms. The lowest BCUT2D eigenvalue weighted by Crippen LogP contribution is -2.21. The molecule has 0 saturated carbocycles. The highest BCUT2D eigenvalue weighted by Crippen LogP contribution is 2.19. The fourth-order valence-corrected chi connectivity index (χ4v) is 1.50. The van der Waals surface area contributed by atoms with Crippen molar-refractivity contribution in [2.75, 3.05) is 32.5 Å². The van der Waals surface area contributed by atoms with Gasteiger partial charge in [0.1, 0.15) is 11.6 Å². The average Bonchev–Trinajstić information content (AvgIpc) is 2.41. The summed E-state index contributed by atoms with van der Waals surface area (Å²) in [4.78, 5) is 10.4. The molecule has 0 radical (unpaired) electrons. The van der Waals surface area contributed by atoms with Crippen molar-refractivity contribution in [3.8, 4) is 11.6 Å². The van der Waals surface area contributed by atoms with Crippen molar-refractivity contribution in [3.63, 3.8) is 0 Å². The van der Waals surface area contributed by atoms with Crippen molar-refractivity contribution < 1.29 is 9.13 Å². The first-order valence-corrected chi connectivity index (χ1v) is 6.28. The number of hydrogen-bond donors (Lipinski definition) is 1. The first-order chi connectivity index (χ1) is 9.63. The number of likely N-dealkylation sites (N-methyl/N-ethyl adjacent to an activating group) is 1. The van der Waals surface area contributed by atoms with E-state index >= 15 is 0 Å². The lowest BCUT2D eigenvalue weighted by Gasteiger charge is -2.10. The number of halogens is 1. The fraction of sp³-hybridized carbons (Fsp3) is 0.286. The molecule has 2 aromatic rings. The smallest absolute Gasteiger partial charge is 0.226 e. The third-order valence-corrected chi connectivity index (χ3v) is 2.51. The highest BCUT2D eigenvalue weighted by Gasteiger charge is 2.02. The standard InChI is InChI=1S/C14H17FN4O/c1-19(2)10-9-17-14-16-8-7-13(18-14)20-12-5-3-11(15)4-6-12/h3-8H,9-10H2,1-2H3,(H,16,17,18). The SMILES string of the molecule is CN(C)CCNc1nccc(Oc2ccc(F)cc2)n1. The van der Waals surface area contributed by atoms with E-state index < -0.39 is 0 Å². The molecule has 1 N–H and O–H groups in total. The van der Waals surface area contributed by atoms with Gasteiger partial charge in [0, 0.05) is 25.4 Å². The Labute approximate surface area is 117 Å². The molecule has 106 valence electrons. The third-order valence-electron chi connectivity index (χ3n) is 2.51. The van der Waals surface area contributed by atoms with E-state index in [-0.39, 0.29) is 5.82 Å². The van der Waals surface area contributed by atoms with Crippen LogP contribution in [0, 0.1) is 5.82 Å². The van der Waals surface area contributed by atoms with E-state index in [4.69, 9.17) is 4.74 Å². The lowest BCUT2D eigenvalue weighted by molar-refractivity contribution is 0.424. The number of hydrogen-bond acceptors (Lipinski definition) is 5. The van der Waals surface area contributed by atoms with Crippen molar-refractivity contribution in [2.45, 2.75) is 0 Å². The van der Waals surface area contributed by atoms with Crippen molar-refractivity contribution >= 4 is 5.95 Å². The first kappa shape index (κ1) is 14.2. The molecule has 20 heavy (non-hydrogen) atoms. The van der Waals surface area contributed by atoms with Crippen molar-refractivity contribution in [3.05, 3.63) is 42.3 Å². The Hall–Kier alpha value is -2.21. The highest BCUT2D eigenvalue weighted by molar-refractivity contribution is 5.31. The molecular weight excluding hydrogens is 259 g/mol. The second-order valence-corrected chi connectivity index (χ2v) is 4.50. The van der Waals surface area contributed by atoms with E-state index in [1.807, 2.05) is 14.1 Å². The van der Waals surface area contributed by atoms with Crippen molar-refractivity contribution in [2.24, 2.45) is 0 Å². The maximum atomic E-state index is 12.8. The molecule has 0 saturated heterocycles. The van der Waals surface area contributed by atoms with Crippen LogP contribution >= 0.6 is 0 Å². The number of nitrogens with zero attached hydrogens (tertiary/aromatic N) is 3. The number of aromatic nitrogens is 2. The Morgan fingerprint density at radius 3 is 2.65 bits per heavy atom. The average molecular weight is 276 g/mol. The van der Waals surface area contributed by atoms with Gasteiger partial charge < -0.3 is 15.0 Å². The number of anilines is 1. The molecule has 0 unspecified atom stereocenters. The molecule has 0 aliphatic rings. The lowest BCUT2D eigenvalue weighted by atomic mass is 10.3. The monoisotopic (exact) mass is 276 g/mol. The van der Waals surface area contributed by atoms with Gasteiger partial charge in [0.15, 0.2) is 0 Å². The van der Waals surface area contributed by atoms with Crippen LogP contribution in [-0.2, 0) is 0 Å². The summed E-state index contributed by atoms with van der Waals surface area (Å²) in [6.07, 6.45) is 1.61. The maximum absolute atomic E-state index is 12.8. The molecule has 0 aliphatic carbocycles. The Kier molecular flexibility index (Phi) is 4.84. The second-order valence-electron chi connectivity index (χ2n) is 4.50. The molecule has 2 rings (SSSR count). The molecular formula is C14H17FN4O. The van der Waals surface area contributed by atoms with Gasteiger partial charge in [-0.05, 0) is 38.4 Å². The van der Waals surface area contributed by atoms with Crippen LogP contribution in [0.2, 0.25) is 0 Å². The van der Waals surface area contributed by atoms with Crippen molar-refractivity contribution in [1.82, 2.24) is 14.9 Å². The van der Waals surface area contributed by atoms with E-state index in [2.05, 4.69) is 20.2 Å². The molecule has 5 nitrogen and oxygen atoms in total. The Morgan fingerprint density at radius 2 is 1.95 bits per heavy atom. The summed E-state index contributed by atoms with van der Waals surface area (Å²) in [5, 5.41) is 3.11. The minimum Gasteiger partial charge on any atom is -0.439 e. The molecule has 0 fully saturated rings. The number of benzene rings is 1. The van der Waals surface area contributed by atoms with Gasteiger partial charge >= 0.3 is 0 Å². The van der Waals surface area contributed by atoms with Crippen LogP contribution in [0.25, 0.3) is 0 Å². The molecule has 1 heterocycles. The van der Waals surface area contributed by atoms with E-state index in [9.17, 15) is 4.39 Å². The van der Waals surface area contributed by atoms with Crippen LogP contribution in [0.4, 0.5) is 10.3 Å². The Bertz CT molecular complexity index is 545. The van der Waals surface area contributed by atoms with Gasteiger partial charge in [-0.15, -0.1) is 0 Å². The summed E-state index contributed by atoms with van der Waals surface area (Å²) in [6.45, 7) is 1.62. The summed E-state index contributed by atoms with van der Waals surface area (Å²) in [7, 11) is 3.99. The predicted octanol–water partition coefficient (Wildman–Crippen LogP) is 2.38. The first-order valence-electron chi connectivity index (χ1n) is 6.28. The fourth-order valence-electron chi connectivity index (χ4n) is 1.50. The van der Waals surface area contributed by atoms with E-state index in [1.165, 1.54) is 12.1 Å². The van der Waals surface area contributed by atoms with E-state index in [1.54, 1.807) is 24.4 Å². The Morgan fingerprint density at radius 1 is 1.20 bits per heavy atom. The minimum absolute atomic E-state index is 0.300. The topological polar surface area (TPSA) is 50.3 Å². The molecule has 0 amide bonds. The van der Waals surface area contributed by atoms with Gasteiger partial charge in [0.2, 0.25) is 11.8 Å². The third kappa shape index (κ3) is 4.47. The molecule has 1 aromatic heterocycles. The quantitative estimate of drug-likeness (QED) is 0.878. The van der Waals surface area contributed by atoms with Crippen LogP contribution < -0.4 is 10.1 Å². The zero-order valence-corrected chi connectivity index (χ0v) is 11.5. The zero-order chi connectivity index (χ0) is 14.4. The summed E-state index contributed by atoms with van der Waals surface area (Å²) in [5.74, 6) is 1.15. The van der Waals surface area contributed by atoms with Crippen LogP contribution in [0.15, 0.2) is 36.5 Å². The van der Waals surface area contributed by atoms with Gasteiger partial charge in [-0.2, -0.15) is 4.98 Å². The number of rotatable bonds is 6. The summed E-state index contributed by atoms with van der Waals surface area (Å²) >= 11 is 0. The maximum Gasteiger partial charge on any atom is 0.226 e. The Balaban J connectivity index is 1.96. The van der Waals surface area contributed by atoms with E-state index in [0.29, 0.717) is 17.6 Å². The summed E-state index contributed by atoms with van der Waals surface area (Å²) < 4.78 is 18.3. The van der Waals surface area contributed by atoms with Crippen molar-refractivity contribution in [1.29, 1.82) is 0 Å². The van der Waals surface area contributed by atoms with Gasteiger partial charge in [0.25, 0.3) is 0 Å². The van der Waals surface area contributed by atoms with Crippen LogP contribution in [0.1, 0.15) is 0 Å². The number of ether oxygens (including phenoxy) is 1. The van der Waals surface area contributed by atoms with E-state index in [0.717, 1.165) is 13.1 Å². The zero-order valence-electron chi connectivity index (χ0n) is 11.5. The van der Waals surface area contributed by atoms with Crippen LogP contribution in [0.3, 0.4) is 0 Å². The van der Waals surface area contributed by atoms with Gasteiger partial charge in [0.05, 0.1) is 0 Å².